The van der Waals surface area contributed by atoms with Gasteiger partial charge in [0.1, 0.15) is 5.82 Å². The predicted octanol–water partition coefficient (Wildman–Crippen LogP) is 3.24. The Balaban J connectivity index is 1.84. The van der Waals surface area contributed by atoms with Gasteiger partial charge in [0.2, 0.25) is 0 Å². The molecule has 1 heterocycles. The van der Waals surface area contributed by atoms with E-state index in [1.54, 1.807) is 17.4 Å². The van der Waals surface area contributed by atoms with Crippen molar-refractivity contribution >= 4 is 17.3 Å². The third-order valence-corrected chi connectivity index (χ3v) is 4.73. The van der Waals surface area contributed by atoms with E-state index in [0.717, 1.165) is 35.2 Å². The van der Waals surface area contributed by atoms with E-state index >= 15 is 0 Å². The van der Waals surface area contributed by atoms with Crippen LogP contribution in [0.1, 0.15) is 28.1 Å². The van der Waals surface area contributed by atoms with Crippen molar-refractivity contribution in [1.82, 2.24) is 15.6 Å². The summed E-state index contributed by atoms with van der Waals surface area (Å²) in [6, 6.07) is 6.88. The third-order valence-electron chi connectivity index (χ3n) is 3.60. The molecule has 0 atom stereocenters. The topological polar surface area (TPSA) is 49.3 Å². The Morgan fingerprint density at radius 2 is 2.00 bits per heavy atom. The molecule has 2 N–H and O–H groups in total. The van der Waals surface area contributed by atoms with Gasteiger partial charge in [0.15, 0.2) is 5.96 Å². The minimum Gasteiger partial charge on any atom is -0.357 e. The summed E-state index contributed by atoms with van der Waals surface area (Å²) in [4.78, 5) is 10.3. The molecule has 24 heavy (non-hydrogen) atoms. The number of aliphatic imine (C=N–C) groups is 1. The molecule has 0 saturated carbocycles. The number of hydrogen-bond donors (Lipinski definition) is 2. The zero-order chi connectivity index (χ0) is 17.4. The van der Waals surface area contributed by atoms with Crippen LogP contribution in [-0.4, -0.2) is 30.6 Å². The molecule has 0 saturated heterocycles. The molecule has 0 aliphatic carbocycles. The fourth-order valence-electron chi connectivity index (χ4n) is 2.43. The number of aromatic nitrogens is 1. The van der Waals surface area contributed by atoms with Gasteiger partial charge in [-0.05, 0) is 38.8 Å². The number of guanidine groups is 1. The van der Waals surface area contributed by atoms with E-state index in [1.807, 2.05) is 32.9 Å². The average molecular weight is 348 g/mol. The minimum absolute atomic E-state index is 0.155. The molecule has 0 bridgehead atoms. The largest absolute Gasteiger partial charge is 0.357 e. The molecule has 1 aromatic carbocycles. The number of nitrogens with zero attached hydrogens (tertiary/aromatic N) is 2. The molecule has 0 aliphatic rings. The fraction of sp³-hybridized carbons (Fsp3) is 0.444. The molecular formula is C18H25FN4S. The van der Waals surface area contributed by atoms with Crippen LogP contribution in [0.3, 0.4) is 0 Å². The molecule has 2 aromatic rings. The first-order chi connectivity index (χ1) is 11.6. The lowest BCUT2D eigenvalue weighted by molar-refractivity contribution is 0.606. The first-order valence-electron chi connectivity index (χ1n) is 8.28. The molecule has 2 rings (SSSR count). The molecule has 0 amide bonds. The van der Waals surface area contributed by atoms with Gasteiger partial charge in [-0.15, -0.1) is 11.3 Å². The highest BCUT2D eigenvalue weighted by Gasteiger charge is 2.05. The van der Waals surface area contributed by atoms with Gasteiger partial charge in [-0.2, -0.15) is 0 Å². The smallest absolute Gasteiger partial charge is 0.191 e. The van der Waals surface area contributed by atoms with Gasteiger partial charge in [0, 0.05) is 30.9 Å². The summed E-state index contributed by atoms with van der Waals surface area (Å²) >= 11 is 1.73. The van der Waals surface area contributed by atoms with Crippen molar-refractivity contribution in [2.45, 2.75) is 33.6 Å². The predicted molar refractivity (Wildman–Crippen MR) is 99.4 cm³/mol. The molecule has 4 nitrogen and oxygen atoms in total. The molecular weight excluding hydrogens is 323 g/mol. The van der Waals surface area contributed by atoms with Crippen LogP contribution in [0.25, 0.3) is 0 Å². The summed E-state index contributed by atoms with van der Waals surface area (Å²) in [5.74, 6) is 0.616. The second-order valence-electron chi connectivity index (χ2n) is 5.52. The van der Waals surface area contributed by atoms with Gasteiger partial charge >= 0.3 is 0 Å². The molecule has 0 spiro atoms. The van der Waals surface area contributed by atoms with E-state index in [2.05, 4.69) is 20.6 Å². The van der Waals surface area contributed by atoms with Crippen molar-refractivity contribution in [2.75, 3.05) is 19.6 Å². The summed E-state index contributed by atoms with van der Waals surface area (Å²) < 4.78 is 13.6. The van der Waals surface area contributed by atoms with Crippen LogP contribution in [0.15, 0.2) is 29.3 Å². The van der Waals surface area contributed by atoms with E-state index < -0.39 is 0 Å². The first-order valence-corrected chi connectivity index (χ1v) is 9.10. The Labute approximate surface area is 147 Å². The number of hydrogen-bond acceptors (Lipinski definition) is 3. The average Bonchev–Trinajstić information content (AvgIpc) is 2.87. The summed E-state index contributed by atoms with van der Waals surface area (Å²) in [5.41, 5.74) is 1.82. The summed E-state index contributed by atoms with van der Waals surface area (Å²) in [6.07, 6.45) is 1.52. The summed E-state index contributed by atoms with van der Waals surface area (Å²) in [6.45, 7) is 8.25. The van der Waals surface area contributed by atoms with Crippen LogP contribution in [0.4, 0.5) is 4.39 Å². The first kappa shape index (κ1) is 18.4. The zero-order valence-electron chi connectivity index (χ0n) is 14.5. The van der Waals surface area contributed by atoms with Crippen molar-refractivity contribution in [1.29, 1.82) is 0 Å². The van der Waals surface area contributed by atoms with Crippen LogP contribution < -0.4 is 10.6 Å². The van der Waals surface area contributed by atoms with E-state index in [4.69, 9.17) is 0 Å². The Kier molecular flexibility index (Phi) is 7.18. The highest BCUT2D eigenvalue weighted by Crippen LogP contribution is 2.17. The number of thiazole rings is 1. The van der Waals surface area contributed by atoms with Crippen molar-refractivity contribution in [3.8, 4) is 0 Å². The lowest BCUT2D eigenvalue weighted by Gasteiger charge is -2.11. The molecule has 0 radical (unpaired) electrons. The Hall–Kier alpha value is -1.95. The maximum Gasteiger partial charge on any atom is 0.191 e. The Bertz CT molecular complexity index is 681. The molecule has 0 aliphatic heterocycles. The van der Waals surface area contributed by atoms with Gasteiger partial charge in [0.05, 0.1) is 10.7 Å². The maximum atomic E-state index is 13.6. The van der Waals surface area contributed by atoms with Gasteiger partial charge in [-0.3, -0.25) is 4.99 Å². The molecule has 130 valence electrons. The van der Waals surface area contributed by atoms with E-state index in [1.165, 1.54) is 10.9 Å². The third kappa shape index (κ3) is 5.60. The maximum absolute atomic E-state index is 13.6. The minimum atomic E-state index is -0.155. The molecule has 0 fully saturated rings. The van der Waals surface area contributed by atoms with Crippen molar-refractivity contribution < 1.29 is 4.39 Å². The number of benzene rings is 1. The number of halogens is 1. The van der Waals surface area contributed by atoms with Crippen molar-refractivity contribution in [2.24, 2.45) is 4.99 Å². The van der Waals surface area contributed by atoms with Crippen LogP contribution >= 0.6 is 11.3 Å². The monoisotopic (exact) mass is 348 g/mol. The zero-order valence-corrected chi connectivity index (χ0v) is 15.3. The van der Waals surface area contributed by atoms with Crippen LogP contribution in [0.5, 0.6) is 0 Å². The number of aryl methyl sites for hydroxylation is 2. The van der Waals surface area contributed by atoms with Gasteiger partial charge in [0.25, 0.3) is 0 Å². The number of rotatable bonds is 7. The van der Waals surface area contributed by atoms with Crippen molar-refractivity contribution in [3.63, 3.8) is 0 Å². The van der Waals surface area contributed by atoms with Gasteiger partial charge in [-0.25, -0.2) is 9.37 Å². The second-order valence-corrected chi connectivity index (χ2v) is 6.81. The molecule has 6 heteroatoms. The second kappa shape index (κ2) is 9.37. The lowest BCUT2D eigenvalue weighted by atomic mass is 10.1. The highest BCUT2D eigenvalue weighted by atomic mass is 32.1. The van der Waals surface area contributed by atoms with E-state index in [9.17, 15) is 4.39 Å². The lowest BCUT2D eigenvalue weighted by Crippen LogP contribution is -2.38. The quantitative estimate of drug-likeness (QED) is 0.596. The van der Waals surface area contributed by atoms with Gasteiger partial charge < -0.3 is 10.6 Å². The standard InChI is InChI=1S/C18H25FN4S/c1-4-20-18(21-11-9-15-7-5-6-8-16(15)19)22-12-10-17-13(2)23-14(3)24-17/h5-8H,4,9-12H2,1-3H3,(H2,20,21,22). The summed E-state index contributed by atoms with van der Waals surface area (Å²) in [7, 11) is 0. The number of nitrogens with one attached hydrogen (secondary N) is 2. The van der Waals surface area contributed by atoms with Crippen LogP contribution in [-0.2, 0) is 12.8 Å². The SMILES string of the molecule is CCNC(=NCCc1sc(C)nc1C)NCCc1ccccc1F. The van der Waals surface area contributed by atoms with E-state index in [0.29, 0.717) is 19.5 Å². The Morgan fingerprint density at radius 3 is 2.67 bits per heavy atom. The normalized spacial score (nSPS) is 11.6. The summed E-state index contributed by atoms with van der Waals surface area (Å²) in [5, 5.41) is 7.58. The fourth-order valence-corrected chi connectivity index (χ4v) is 3.36. The van der Waals surface area contributed by atoms with Crippen LogP contribution in [0, 0.1) is 19.7 Å². The molecule has 1 aromatic heterocycles. The van der Waals surface area contributed by atoms with Crippen LogP contribution in [0.2, 0.25) is 0 Å². The van der Waals surface area contributed by atoms with Crippen molar-refractivity contribution in [3.05, 3.63) is 51.2 Å². The Morgan fingerprint density at radius 1 is 1.21 bits per heavy atom. The van der Waals surface area contributed by atoms with E-state index in [-0.39, 0.29) is 5.82 Å². The van der Waals surface area contributed by atoms with Gasteiger partial charge in [-0.1, -0.05) is 18.2 Å². The molecule has 0 unspecified atom stereocenters. The highest BCUT2D eigenvalue weighted by molar-refractivity contribution is 7.11.